The summed E-state index contributed by atoms with van der Waals surface area (Å²) in [6.07, 6.45) is 7.37. The predicted octanol–water partition coefficient (Wildman–Crippen LogP) is 5.30. The van der Waals surface area contributed by atoms with Gasteiger partial charge >= 0.3 is 0 Å². The Kier molecular flexibility index (Phi) is 4.38. The first-order valence-corrected chi connectivity index (χ1v) is 10.2. The number of hydrogen-bond acceptors (Lipinski definition) is 4. The van der Waals surface area contributed by atoms with Gasteiger partial charge < -0.3 is 10.0 Å². The molecule has 2 fully saturated rings. The van der Waals surface area contributed by atoms with Crippen LogP contribution in [0.4, 0.5) is 10.2 Å². The van der Waals surface area contributed by atoms with E-state index in [1.54, 1.807) is 24.3 Å². The number of piperidine rings is 1. The van der Waals surface area contributed by atoms with Gasteiger partial charge in [0.2, 0.25) is 0 Å². The molecule has 1 aliphatic carbocycles. The van der Waals surface area contributed by atoms with Gasteiger partial charge in [-0.2, -0.15) is 0 Å². The zero-order valence-corrected chi connectivity index (χ0v) is 15.8. The van der Waals surface area contributed by atoms with Gasteiger partial charge in [0, 0.05) is 18.0 Å². The molecule has 2 unspecified atom stereocenters. The quantitative estimate of drug-likeness (QED) is 0.658. The molecular formula is C23H24FN3O. The number of halogens is 1. The fourth-order valence-electron chi connectivity index (χ4n) is 4.97. The molecule has 5 rings (SSSR count). The highest BCUT2D eigenvalue weighted by atomic mass is 19.1. The highest BCUT2D eigenvalue weighted by molar-refractivity contribution is 5.91. The molecule has 1 aliphatic heterocycles. The average molecular weight is 377 g/mol. The largest absolute Gasteiger partial charge is 0.507 e. The third-order valence-electron chi connectivity index (χ3n) is 6.30. The summed E-state index contributed by atoms with van der Waals surface area (Å²) in [6.45, 7) is 0.935. The van der Waals surface area contributed by atoms with Crippen molar-refractivity contribution < 1.29 is 9.50 Å². The lowest BCUT2D eigenvalue weighted by molar-refractivity contribution is 0.243. The van der Waals surface area contributed by atoms with Gasteiger partial charge in [-0.25, -0.2) is 14.4 Å². The van der Waals surface area contributed by atoms with Crippen LogP contribution in [-0.2, 0) is 0 Å². The van der Waals surface area contributed by atoms with Gasteiger partial charge in [0.1, 0.15) is 17.4 Å². The van der Waals surface area contributed by atoms with Crippen LogP contribution < -0.4 is 4.90 Å². The van der Waals surface area contributed by atoms with E-state index in [9.17, 15) is 9.50 Å². The zero-order chi connectivity index (χ0) is 19.1. The van der Waals surface area contributed by atoms with Gasteiger partial charge in [-0.05, 0) is 61.9 Å². The minimum absolute atomic E-state index is 0.157. The Labute approximate surface area is 164 Å². The van der Waals surface area contributed by atoms with Gasteiger partial charge in [0.15, 0.2) is 5.82 Å². The Morgan fingerprint density at radius 1 is 0.964 bits per heavy atom. The van der Waals surface area contributed by atoms with Crippen molar-refractivity contribution in [3.63, 3.8) is 0 Å². The fourth-order valence-corrected chi connectivity index (χ4v) is 4.97. The lowest BCUT2D eigenvalue weighted by Crippen LogP contribution is -2.47. The summed E-state index contributed by atoms with van der Waals surface area (Å²) in [7, 11) is 0. The van der Waals surface area contributed by atoms with Crippen molar-refractivity contribution in [2.24, 2.45) is 5.92 Å². The third kappa shape index (κ3) is 2.99. The lowest BCUT2D eigenvalue weighted by Gasteiger charge is -2.45. The monoisotopic (exact) mass is 377 g/mol. The first kappa shape index (κ1) is 17.4. The van der Waals surface area contributed by atoms with Gasteiger partial charge in [-0.15, -0.1) is 0 Å². The topological polar surface area (TPSA) is 49.3 Å². The van der Waals surface area contributed by atoms with Crippen molar-refractivity contribution >= 4 is 16.7 Å². The number of nitrogens with zero attached hydrogens (tertiary/aromatic N) is 3. The molecule has 4 nitrogen and oxygen atoms in total. The van der Waals surface area contributed by atoms with Crippen molar-refractivity contribution in [1.82, 2.24) is 9.97 Å². The summed E-state index contributed by atoms with van der Waals surface area (Å²) >= 11 is 0. The number of phenols is 1. The van der Waals surface area contributed by atoms with Crippen molar-refractivity contribution in [3.05, 3.63) is 48.3 Å². The molecule has 28 heavy (non-hydrogen) atoms. The van der Waals surface area contributed by atoms with Crippen molar-refractivity contribution in [3.8, 4) is 17.1 Å². The van der Waals surface area contributed by atoms with Crippen LogP contribution in [0, 0.1) is 11.7 Å². The Bertz CT molecular complexity index is 1020. The van der Waals surface area contributed by atoms with Gasteiger partial charge in [-0.1, -0.05) is 25.0 Å². The second-order valence-electron chi connectivity index (χ2n) is 8.00. The van der Waals surface area contributed by atoms with E-state index in [4.69, 9.17) is 4.98 Å². The van der Waals surface area contributed by atoms with Crippen LogP contribution in [0.3, 0.4) is 0 Å². The minimum atomic E-state index is -0.273. The smallest absolute Gasteiger partial charge is 0.165 e. The van der Waals surface area contributed by atoms with Crippen molar-refractivity contribution in [2.75, 3.05) is 11.4 Å². The predicted molar refractivity (Wildman–Crippen MR) is 109 cm³/mol. The molecule has 0 amide bonds. The van der Waals surface area contributed by atoms with Crippen LogP contribution in [0.5, 0.6) is 5.75 Å². The Morgan fingerprint density at radius 2 is 1.79 bits per heavy atom. The van der Waals surface area contributed by atoms with Crippen LogP contribution in [0.1, 0.15) is 38.5 Å². The first-order valence-electron chi connectivity index (χ1n) is 10.2. The van der Waals surface area contributed by atoms with E-state index in [2.05, 4.69) is 9.88 Å². The number of fused-ring (bicyclic) bond motifs is 2. The number of aromatic hydroxyl groups is 1. The number of hydrogen-bond donors (Lipinski definition) is 1. The Morgan fingerprint density at radius 3 is 2.68 bits per heavy atom. The maximum Gasteiger partial charge on any atom is 0.165 e. The van der Waals surface area contributed by atoms with Crippen LogP contribution in [0.2, 0.25) is 0 Å². The zero-order valence-electron chi connectivity index (χ0n) is 15.8. The number of rotatable bonds is 2. The Balaban J connectivity index is 1.70. The van der Waals surface area contributed by atoms with E-state index in [1.807, 2.05) is 12.1 Å². The summed E-state index contributed by atoms with van der Waals surface area (Å²) < 4.78 is 14.1. The summed E-state index contributed by atoms with van der Waals surface area (Å²) in [5.74, 6) is 1.87. The second kappa shape index (κ2) is 7.04. The molecule has 1 saturated carbocycles. The van der Waals surface area contributed by atoms with Crippen molar-refractivity contribution in [2.45, 2.75) is 44.6 Å². The van der Waals surface area contributed by atoms with E-state index in [0.29, 0.717) is 28.9 Å². The lowest BCUT2D eigenvalue weighted by atomic mass is 9.78. The van der Waals surface area contributed by atoms with Gasteiger partial charge in [0.25, 0.3) is 0 Å². The molecule has 144 valence electrons. The average Bonchev–Trinajstić information content (AvgIpc) is 2.73. The summed E-state index contributed by atoms with van der Waals surface area (Å²) in [6, 6.07) is 12.3. The molecule has 2 aliphatic rings. The number of phenolic OH excluding ortho intramolecular Hbond substituents is 1. The molecule has 0 radical (unpaired) electrons. The summed E-state index contributed by atoms with van der Waals surface area (Å²) in [5, 5.41) is 11.1. The molecule has 0 spiro atoms. The standard InChI is InChI=1S/C23H24FN3O/c24-16-11-12-19-18(14-16)23(26-22(25-19)17-8-2-4-10-21(17)28)27-13-5-7-15-6-1-3-9-20(15)27/h2,4,8,10-12,14-15,20,28H,1,3,5-7,9,13H2. The van der Waals surface area contributed by atoms with Crippen LogP contribution in [-0.4, -0.2) is 27.7 Å². The maximum absolute atomic E-state index is 14.1. The normalized spacial score (nSPS) is 22.2. The summed E-state index contributed by atoms with van der Waals surface area (Å²) in [4.78, 5) is 11.9. The molecule has 5 heteroatoms. The van der Waals surface area contributed by atoms with Gasteiger partial charge in [-0.3, -0.25) is 0 Å². The number of benzene rings is 2. The fraction of sp³-hybridized carbons (Fsp3) is 0.391. The van der Waals surface area contributed by atoms with Crippen molar-refractivity contribution in [1.29, 1.82) is 0 Å². The van der Waals surface area contributed by atoms with E-state index >= 15 is 0 Å². The second-order valence-corrected chi connectivity index (χ2v) is 8.00. The molecular weight excluding hydrogens is 353 g/mol. The van der Waals surface area contributed by atoms with E-state index in [-0.39, 0.29) is 11.6 Å². The Hall–Kier alpha value is -2.69. The number of anilines is 1. The van der Waals surface area contributed by atoms with E-state index in [1.165, 1.54) is 31.7 Å². The highest BCUT2D eigenvalue weighted by Gasteiger charge is 2.35. The molecule has 3 aromatic rings. The molecule has 2 heterocycles. The van der Waals surface area contributed by atoms with Crippen LogP contribution in [0.15, 0.2) is 42.5 Å². The van der Waals surface area contributed by atoms with Gasteiger partial charge in [0.05, 0.1) is 11.1 Å². The molecule has 2 atom stereocenters. The number of aromatic nitrogens is 2. The van der Waals surface area contributed by atoms with E-state index < -0.39 is 0 Å². The SMILES string of the molecule is Oc1ccccc1-c1nc(N2CCCC3CCCCC32)c2cc(F)ccc2n1. The van der Waals surface area contributed by atoms with Crippen LogP contribution in [0.25, 0.3) is 22.3 Å². The van der Waals surface area contributed by atoms with E-state index in [0.717, 1.165) is 30.6 Å². The number of para-hydroxylation sites is 1. The highest BCUT2D eigenvalue weighted by Crippen LogP contribution is 2.40. The minimum Gasteiger partial charge on any atom is -0.507 e. The maximum atomic E-state index is 14.1. The summed E-state index contributed by atoms with van der Waals surface area (Å²) in [5.41, 5.74) is 1.31. The molecule has 1 saturated heterocycles. The van der Waals surface area contributed by atoms with Crippen LogP contribution >= 0.6 is 0 Å². The molecule has 2 aromatic carbocycles. The molecule has 1 aromatic heterocycles. The molecule has 0 bridgehead atoms. The molecule has 1 N–H and O–H groups in total. The third-order valence-corrected chi connectivity index (χ3v) is 6.30. The first-order chi connectivity index (χ1) is 13.7.